The number of amides is 2. The van der Waals surface area contributed by atoms with E-state index in [4.69, 9.17) is 13.9 Å². The van der Waals surface area contributed by atoms with Gasteiger partial charge < -0.3 is 24.5 Å². The summed E-state index contributed by atoms with van der Waals surface area (Å²) in [5.74, 6) is 0.573. The lowest BCUT2D eigenvalue weighted by atomic mass is 10.0. The molecule has 0 spiro atoms. The molecule has 0 fully saturated rings. The quantitative estimate of drug-likeness (QED) is 0.673. The Morgan fingerprint density at radius 3 is 2.48 bits per heavy atom. The number of carbonyl (C=O) groups excluding carboxylic acids is 2. The van der Waals surface area contributed by atoms with Crippen molar-refractivity contribution in [3.63, 3.8) is 0 Å². The Bertz CT molecular complexity index is 986. The molecule has 2 aromatic carbocycles. The first kappa shape index (κ1) is 18.6. The molecule has 1 aromatic heterocycles. The van der Waals surface area contributed by atoms with Gasteiger partial charge in [-0.3, -0.25) is 9.59 Å². The van der Waals surface area contributed by atoms with Gasteiger partial charge in [-0.05, 0) is 29.8 Å². The molecule has 2 amide bonds. The summed E-state index contributed by atoms with van der Waals surface area (Å²) < 4.78 is 16.2. The highest BCUT2D eigenvalue weighted by molar-refractivity contribution is 6.00. The van der Waals surface area contributed by atoms with E-state index in [9.17, 15) is 9.59 Å². The first-order chi connectivity index (χ1) is 14.2. The minimum atomic E-state index is -0.789. The predicted molar refractivity (Wildman–Crippen MR) is 106 cm³/mol. The van der Waals surface area contributed by atoms with Crippen LogP contribution in [0.5, 0.6) is 11.5 Å². The van der Waals surface area contributed by atoms with Crippen LogP contribution in [0.25, 0.3) is 0 Å². The fourth-order valence-corrected chi connectivity index (χ4v) is 3.05. The number of fused-ring (bicyclic) bond motifs is 1. The molecule has 1 atom stereocenters. The molecule has 29 heavy (non-hydrogen) atoms. The normalized spacial score (nSPS) is 13.4. The molecular formula is C22H20N2O5. The zero-order valence-electron chi connectivity index (χ0n) is 15.6. The Morgan fingerprint density at radius 2 is 1.72 bits per heavy atom. The number of hydrogen-bond acceptors (Lipinski definition) is 5. The monoisotopic (exact) mass is 392 g/mol. The Kier molecular flexibility index (Phi) is 5.47. The summed E-state index contributed by atoms with van der Waals surface area (Å²) in [4.78, 5) is 25.4. The summed E-state index contributed by atoms with van der Waals surface area (Å²) in [6.07, 6.45) is 1.75. The number of carbonyl (C=O) groups is 2. The van der Waals surface area contributed by atoms with E-state index < -0.39 is 11.9 Å². The van der Waals surface area contributed by atoms with Crippen molar-refractivity contribution >= 4 is 17.5 Å². The Morgan fingerprint density at radius 1 is 0.931 bits per heavy atom. The van der Waals surface area contributed by atoms with Crippen molar-refractivity contribution in [1.29, 1.82) is 0 Å². The molecule has 1 aliphatic rings. The summed E-state index contributed by atoms with van der Waals surface area (Å²) in [6.45, 7) is 0.955. The van der Waals surface area contributed by atoms with Gasteiger partial charge in [0, 0.05) is 18.2 Å². The molecule has 0 radical (unpaired) electrons. The van der Waals surface area contributed by atoms with E-state index in [1.54, 1.807) is 30.3 Å². The number of furan rings is 1. The zero-order valence-corrected chi connectivity index (χ0v) is 15.6. The van der Waals surface area contributed by atoms with Gasteiger partial charge in [-0.2, -0.15) is 0 Å². The molecule has 1 unspecified atom stereocenters. The van der Waals surface area contributed by atoms with Gasteiger partial charge in [0.1, 0.15) is 19.3 Å². The smallest absolute Gasteiger partial charge is 0.287 e. The molecule has 0 bridgehead atoms. The van der Waals surface area contributed by atoms with E-state index in [-0.39, 0.29) is 11.7 Å². The van der Waals surface area contributed by atoms with Gasteiger partial charge in [-0.15, -0.1) is 0 Å². The van der Waals surface area contributed by atoms with Gasteiger partial charge in [0.05, 0.1) is 6.26 Å². The predicted octanol–water partition coefficient (Wildman–Crippen LogP) is 3.03. The fourth-order valence-electron chi connectivity index (χ4n) is 3.05. The average Bonchev–Trinajstić information content (AvgIpc) is 3.29. The highest BCUT2D eigenvalue weighted by Crippen LogP contribution is 2.32. The lowest BCUT2D eigenvalue weighted by Crippen LogP contribution is -2.45. The highest BCUT2D eigenvalue weighted by atomic mass is 16.6. The van der Waals surface area contributed by atoms with Gasteiger partial charge >= 0.3 is 0 Å². The van der Waals surface area contributed by atoms with Gasteiger partial charge in [0.2, 0.25) is 5.91 Å². The van der Waals surface area contributed by atoms with Crippen LogP contribution in [0.2, 0.25) is 0 Å². The summed E-state index contributed by atoms with van der Waals surface area (Å²) >= 11 is 0. The van der Waals surface area contributed by atoms with E-state index in [0.29, 0.717) is 36.8 Å². The van der Waals surface area contributed by atoms with Crippen molar-refractivity contribution in [2.45, 2.75) is 12.5 Å². The highest BCUT2D eigenvalue weighted by Gasteiger charge is 2.24. The summed E-state index contributed by atoms with van der Waals surface area (Å²) in [6, 6.07) is 17.1. The van der Waals surface area contributed by atoms with E-state index in [2.05, 4.69) is 10.6 Å². The van der Waals surface area contributed by atoms with Crippen molar-refractivity contribution in [1.82, 2.24) is 5.32 Å². The second kappa shape index (κ2) is 8.52. The van der Waals surface area contributed by atoms with Crippen molar-refractivity contribution in [2.75, 3.05) is 18.5 Å². The summed E-state index contributed by atoms with van der Waals surface area (Å²) in [7, 11) is 0. The first-order valence-corrected chi connectivity index (χ1v) is 9.28. The first-order valence-electron chi connectivity index (χ1n) is 9.28. The Hall–Kier alpha value is -3.74. The Labute approximate surface area is 167 Å². The topological polar surface area (TPSA) is 89.8 Å². The average molecular weight is 392 g/mol. The summed E-state index contributed by atoms with van der Waals surface area (Å²) in [5, 5.41) is 5.59. The lowest BCUT2D eigenvalue weighted by Gasteiger charge is -2.21. The molecular weight excluding hydrogens is 372 g/mol. The molecule has 7 nitrogen and oxygen atoms in total. The van der Waals surface area contributed by atoms with Crippen LogP contribution in [0, 0.1) is 0 Å². The number of anilines is 1. The van der Waals surface area contributed by atoms with Crippen LogP contribution in [-0.2, 0) is 11.2 Å². The minimum absolute atomic E-state index is 0.148. The molecule has 4 rings (SSSR count). The molecule has 2 N–H and O–H groups in total. The zero-order chi connectivity index (χ0) is 20.1. The van der Waals surface area contributed by atoms with Crippen LogP contribution < -0.4 is 20.1 Å². The third-order valence-electron chi connectivity index (χ3n) is 4.46. The second-order valence-corrected chi connectivity index (χ2v) is 6.54. The van der Waals surface area contributed by atoms with Crippen molar-refractivity contribution < 1.29 is 23.5 Å². The van der Waals surface area contributed by atoms with E-state index in [1.165, 1.54) is 6.26 Å². The molecule has 0 saturated carbocycles. The maximum absolute atomic E-state index is 13.0. The second-order valence-electron chi connectivity index (χ2n) is 6.54. The maximum atomic E-state index is 13.0. The van der Waals surface area contributed by atoms with Gasteiger partial charge in [-0.1, -0.05) is 30.3 Å². The van der Waals surface area contributed by atoms with E-state index in [0.717, 1.165) is 5.56 Å². The maximum Gasteiger partial charge on any atom is 0.287 e. The number of rotatable bonds is 6. The van der Waals surface area contributed by atoms with Gasteiger partial charge in [0.25, 0.3) is 5.91 Å². The number of nitrogens with one attached hydrogen (secondary N) is 2. The lowest BCUT2D eigenvalue weighted by molar-refractivity contribution is -0.118. The minimum Gasteiger partial charge on any atom is -0.486 e. The van der Waals surface area contributed by atoms with Crippen LogP contribution in [-0.4, -0.2) is 31.1 Å². The van der Waals surface area contributed by atoms with Crippen LogP contribution in [0.4, 0.5) is 5.69 Å². The third kappa shape index (κ3) is 4.57. The third-order valence-corrected chi connectivity index (χ3v) is 4.46. The Balaban J connectivity index is 1.51. The number of benzene rings is 2. The molecule has 1 aliphatic heterocycles. The van der Waals surface area contributed by atoms with Crippen LogP contribution in [0.3, 0.4) is 0 Å². The molecule has 2 heterocycles. The number of ether oxygens (including phenoxy) is 2. The van der Waals surface area contributed by atoms with Crippen LogP contribution in [0.15, 0.2) is 71.3 Å². The molecule has 0 saturated heterocycles. The summed E-state index contributed by atoms with van der Waals surface area (Å²) in [5.41, 5.74) is 1.49. The molecule has 0 aliphatic carbocycles. The van der Waals surface area contributed by atoms with E-state index in [1.807, 2.05) is 30.3 Å². The van der Waals surface area contributed by atoms with Crippen molar-refractivity contribution in [3.8, 4) is 11.5 Å². The van der Waals surface area contributed by atoms with E-state index >= 15 is 0 Å². The fraction of sp³-hybridized carbons (Fsp3) is 0.182. The SMILES string of the molecule is O=C(NC(Cc1ccccc1)C(=O)Nc1ccc2c(c1)OCCO2)c1ccco1. The number of hydrogen-bond donors (Lipinski definition) is 2. The van der Waals surface area contributed by atoms with Crippen molar-refractivity contribution in [3.05, 3.63) is 78.3 Å². The molecule has 148 valence electrons. The van der Waals surface area contributed by atoms with Gasteiger partial charge in [-0.25, -0.2) is 0 Å². The van der Waals surface area contributed by atoms with Crippen molar-refractivity contribution in [2.24, 2.45) is 0 Å². The van der Waals surface area contributed by atoms with Crippen LogP contribution in [0.1, 0.15) is 16.1 Å². The molecule has 3 aromatic rings. The largest absolute Gasteiger partial charge is 0.486 e. The standard InChI is InChI=1S/C22H20N2O5/c25-21(23-16-8-9-18-20(14-16)29-12-11-28-18)17(13-15-5-2-1-3-6-15)24-22(26)19-7-4-10-27-19/h1-10,14,17H,11-13H2,(H,23,25)(H,24,26). The van der Waals surface area contributed by atoms with Gasteiger partial charge in [0.15, 0.2) is 17.3 Å². The molecule has 7 heteroatoms. The van der Waals surface area contributed by atoms with Crippen LogP contribution >= 0.6 is 0 Å².